The summed E-state index contributed by atoms with van der Waals surface area (Å²) in [7, 11) is 0. The molecule has 0 amide bonds. The van der Waals surface area contributed by atoms with Gasteiger partial charge in [-0.1, -0.05) is 13.3 Å². The Morgan fingerprint density at radius 1 is 1.39 bits per heavy atom. The van der Waals surface area contributed by atoms with Gasteiger partial charge in [0.15, 0.2) is 0 Å². The smallest absolute Gasteiger partial charge is 0.257 e. The Morgan fingerprint density at radius 3 is 2.33 bits per heavy atom. The molecule has 18 heavy (non-hydrogen) atoms. The monoisotopic (exact) mass is 284 g/mol. The van der Waals surface area contributed by atoms with Crippen LogP contribution in [0.15, 0.2) is 61.2 Å². The van der Waals surface area contributed by atoms with Gasteiger partial charge in [-0.3, -0.25) is 0 Å². The van der Waals surface area contributed by atoms with Crippen LogP contribution in [0, 0.1) is 0 Å². The molecule has 3 heteroatoms. The molecule has 0 N–H and O–H groups in total. The van der Waals surface area contributed by atoms with E-state index in [1.807, 2.05) is 42.5 Å². The third kappa shape index (κ3) is 6.24. The molecular formula is C15H16FeO2-6. The molecule has 2 nitrogen and oxygen atoms in total. The Morgan fingerprint density at radius 2 is 1.94 bits per heavy atom. The van der Waals surface area contributed by atoms with Crippen molar-refractivity contribution in [3.63, 3.8) is 0 Å². The predicted molar refractivity (Wildman–Crippen MR) is 69.3 cm³/mol. The number of carbonyl (C=O) groups is 1. The minimum atomic E-state index is -0.414. The van der Waals surface area contributed by atoms with Crippen molar-refractivity contribution in [1.82, 2.24) is 0 Å². The fourth-order valence-corrected chi connectivity index (χ4v) is 1.23. The first-order chi connectivity index (χ1) is 8.26. The molecule has 2 rings (SSSR count). The van der Waals surface area contributed by atoms with Gasteiger partial charge in [0.05, 0.1) is 0 Å². The van der Waals surface area contributed by atoms with Crippen LogP contribution < -0.4 is 4.74 Å². The molecule has 0 aliphatic heterocycles. The van der Waals surface area contributed by atoms with Crippen molar-refractivity contribution in [2.45, 2.75) is 13.3 Å². The van der Waals surface area contributed by atoms with Crippen LogP contribution in [0.3, 0.4) is 0 Å². The molecule has 0 radical (unpaired) electrons. The van der Waals surface area contributed by atoms with Gasteiger partial charge in [0, 0.05) is 22.8 Å². The van der Waals surface area contributed by atoms with Gasteiger partial charge in [0.2, 0.25) is 0 Å². The first-order valence-electron chi connectivity index (χ1n) is 5.52. The third-order valence-electron chi connectivity index (χ3n) is 2.14. The van der Waals surface area contributed by atoms with Crippen LogP contribution in [0.5, 0.6) is 5.75 Å². The van der Waals surface area contributed by atoms with Crippen molar-refractivity contribution in [2.75, 3.05) is 0 Å². The van der Waals surface area contributed by atoms with E-state index in [0.717, 1.165) is 12.5 Å². The Labute approximate surface area is 118 Å². The normalized spacial score (nSPS) is 8.50. The van der Waals surface area contributed by atoms with E-state index in [0.29, 0.717) is 5.75 Å². The first-order valence-corrected chi connectivity index (χ1v) is 5.52. The molecule has 0 bridgehead atoms. The number of hydrogen-bond acceptors (Lipinski definition) is 2. The summed E-state index contributed by atoms with van der Waals surface area (Å²) >= 11 is 0. The molecular weight excluding hydrogens is 268 g/mol. The summed E-state index contributed by atoms with van der Waals surface area (Å²) in [6, 6.07) is 15.6. The molecule has 0 atom stereocenters. The molecule has 0 aromatic heterocycles. The van der Waals surface area contributed by atoms with Crippen LogP contribution in [-0.4, -0.2) is 5.97 Å². The largest absolute Gasteiger partial charge is 0.748 e. The number of esters is 1. The third-order valence-corrected chi connectivity index (χ3v) is 2.14. The van der Waals surface area contributed by atoms with E-state index in [4.69, 9.17) is 4.74 Å². The number of aryl methyl sites for hydroxylation is 1. The summed E-state index contributed by atoms with van der Waals surface area (Å²) in [4.78, 5) is 10.7. The molecule has 0 heterocycles. The molecule has 0 unspecified atom stereocenters. The molecule has 2 aromatic rings. The Kier molecular flexibility index (Phi) is 8.63. The van der Waals surface area contributed by atoms with Crippen LogP contribution in [0.25, 0.3) is 0 Å². The summed E-state index contributed by atoms with van der Waals surface area (Å²) in [6.07, 6.45) is 2.10. The van der Waals surface area contributed by atoms with Gasteiger partial charge < -0.3 is 39.9 Å². The van der Waals surface area contributed by atoms with Gasteiger partial charge in [0.1, 0.15) is 0 Å². The molecule has 102 valence electrons. The maximum atomic E-state index is 10.7. The van der Waals surface area contributed by atoms with E-state index in [2.05, 4.69) is 13.5 Å². The second-order valence-corrected chi connectivity index (χ2v) is 3.40. The second-order valence-electron chi connectivity index (χ2n) is 3.40. The quantitative estimate of drug-likeness (QED) is 0.373. The standard InChI is InChI=1S/C10H11O2.C5H5.Fe/c1-3-8-5-6-9(7-8)12-10(11)4-2;1-2-4-5-3-1;/h4-7H,2-3H2,1H3;1-5H;/q-1;-5;. The number of hydrogen-bond donors (Lipinski definition) is 0. The minimum absolute atomic E-state index is 0. The van der Waals surface area contributed by atoms with E-state index in [9.17, 15) is 4.79 Å². The van der Waals surface area contributed by atoms with Crippen LogP contribution in [-0.2, 0) is 28.3 Å². The zero-order valence-corrected chi connectivity index (χ0v) is 11.4. The van der Waals surface area contributed by atoms with Crippen LogP contribution in [0.1, 0.15) is 12.5 Å². The maximum absolute atomic E-state index is 10.7. The fraction of sp³-hybridized carbons (Fsp3) is 0.133. The van der Waals surface area contributed by atoms with Gasteiger partial charge >= 0.3 is 0 Å². The number of carbonyl (C=O) groups excluding carboxylic acids is 1. The van der Waals surface area contributed by atoms with Crippen LogP contribution in [0.2, 0.25) is 0 Å². The van der Waals surface area contributed by atoms with Gasteiger partial charge in [0.25, 0.3) is 5.97 Å². The molecule has 0 spiro atoms. The van der Waals surface area contributed by atoms with Gasteiger partial charge in [-0.25, -0.2) is 0 Å². The Balaban J connectivity index is 0.000000405. The summed E-state index contributed by atoms with van der Waals surface area (Å²) < 4.78 is 4.89. The average molecular weight is 284 g/mol. The van der Waals surface area contributed by atoms with E-state index < -0.39 is 5.97 Å². The molecule has 0 saturated carbocycles. The van der Waals surface area contributed by atoms with Gasteiger partial charge in [-0.05, 0) is 6.08 Å². The van der Waals surface area contributed by atoms with Crippen molar-refractivity contribution in [1.29, 1.82) is 0 Å². The molecule has 0 fully saturated rings. The van der Waals surface area contributed by atoms with E-state index in [-0.39, 0.29) is 17.1 Å². The van der Waals surface area contributed by atoms with Crippen molar-refractivity contribution in [3.05, 3.63) is 66.7 Å². The summed E-state index contributed by atoms with van der Waals surface area (Å²) in [5, 5.41) is 0. The summed E-state index contributed by atoms with van der Waals surface area (Å²) in [6.45, 7) is 5.36. The van der Waals surface area contributed by atoms with Crippen molar-refractivity contribution in [2.24, 2.45) is 0 Å². The topological polar surface area (TPSA) is 26.3 Å². The molecule has 2 aromatic carbocycles. The Hall–Kier alpha value is -1.57. The summed E-state index contributed by atoms with van der Waals surface area (Å²) in [5.41, 5.74) is 1.17. The predicted octanol–water partition coefficient (Wildman–Crippen LogP) is 3.46. The summed E-state index contributed by atoms with van der Waals surface area (Å²) in [5.74, 6) is 0.181. The first kappa shape index (κ1) is 16.4. The van der Waals surface area contributed by atoms with Gasteiger partial charge in [-0.15, -0.1) is 18.7 Å². The molecule has 0 aliphatic carbocycles. The second kappa shape index (κ2) is 9.46. The van der Waals surface area contributed by atoms with Crippen molar-refractivity contribution < 1.29 is 26.6 Å². The van der Waals surface area contributed by atoms with Crippen LogP contribution >= 0.6 is 0 Å². The minimum Gasteiger partial charge on any atom is -0.748 e. The van der Waals surface area contributed by atoms with Crippen molar-refractivity contribution in [3.8, 4) is 5.75 Å². The van der Waals surface area contributed by atoms with Crippen LogP contribution in [0.4, 0.5) is 0 Å². The van der Waals surface area contributed by atoms with E-state index >= 15 is 0 Å². The molecule has 0 aliphatic rings. The van der Waals surface area contributed by atoms with E-state index in [1.54, 1.807) is 6.07 Å². The maximum Gasteiger partial charge on any atom is 0.257 e. The number of ether oxygens (including phenoxy) is 1. The zero-order chi connectivity index (χ0) is 12.5. The average Bonchev–Trinajstić information content (AvgIpc) is 3.02. The van der Waals surface area contributed by atoms with Crippen molar-refractivity contribution >= 4 is 5.97 Å². The SMILES string of the molecule is C=CC(=O)O[c-]1ccc(CC)c1.[Fe].[cH-]1[cH-][cH-][cH-][cH-]1. The van der Waals surface area contributed by atoms with E-state index in [1.165, 1.54) is 5.56 Å². The fourth-order valence-electron chi connectivity index (χ4n) is 1.23. The zero-order valence-electron chi connectivity index (χ0n) is 10.3. The number of rotatable bonds is 3. The van der Waals surface area contributed by atoms with Gasteiger partial charge in [-0.2, -0.15) is 11.6 Å². The Bertz CT molecular complexity index is 424. The molecule has 0 saturated heterocycles.